The van der Waals surface area contributed by atoms with E-state index in [0.717, 1.165) is 5.56 Å². The van der Waals surface area contributed by atoms with Crippen LogP contribution >= 0.6 is 0 Å². The second kappa shape index (κ2) is 6.48. The van der Waals surface area contributed by atoms with E-state index in [1.807, 2.05) is 30.3 Å². The Hall–Kier alpha value is -2.00. The molecule has 0 heteroatoms. The molecule has 0 bridgehead atoms. The summed E-state index contributed by atoms with van der Waals surface area (Å²) in [4.78, 5) is 0. The first-order valence-corrected chi connectivity index (χ1v) is 5.28. The van der Waals surface area contributed by atoms with Crippen LogP contribution in [0.1, 0.15) is 16.7 Å². The summed E-state index contributed by atoms with van der Waals surface area (Å²) in [6.07, 6.45) is 5.10. The average Bonchev–Trinajstić information content (AvgIpc) is 2.35. The van der Waals surface area contributed by atoms with E-state index < -0.39 is 0 Å². The summed E-state index contributed by atoms with van der Waals surface area (Å²) in [5.74, 6) is 2.53. The van der Waals surface area contributed by atoms with Crippen LogP contribution in [-0.2, 0) is 0 Å². The molecule has 16 heavy (non-hydrogen) atoms. The largest absolute Gasteiger partial charge is 0.115 e. The van der Waals surface area contributed by atoms with Crippen molar-refractivity contribution in [1.29, 1.82) is 0 Å². The maximum Gasteiger partial charge on any atom is 0.0242 e. The highest BCUT2D eigenvalue weighted by molar-refractivity contribution is 5.30. The van der Waals surface area contributed by atoms with Gasteiger partial charge in [-0.15, -0.1) is 6.42 Å². The molecule has 0 atom stereocenters. The van der Waals surface area contributed by atoms with Crippen LogP contribution in [0.4, 0.5) is 0 Å². The van der Waals surface area contributed by atoms with Gasteiger partial charge in [0.05, 0.1) is 0 Å². The van der Waals surface area contributed by atoms with E-state index in [1.165, 1.54) is 11.1 Å². The van der Waals surface area contributed by atoms with E-state index in [1.54, 1.807) is 0 Å². The van der Waals surface area contributed by atoms with E-state index >= 15 is 0 Å². The monoisotopic (exact) mass is 208 g/mol. The van der Waals surface area contributed by atoms with E-state index in [9.17, 15) is 0 Å². The predicted molar refractivity (Wildman–Crippen MR) is 70.3 cm³/mol. The summed E-state index contributed by atoms with van der Waals surface area (Å²) in [6, 6.07) is 18.0. The fourth-order valence-corrected chi connectivity index (χ4v) is 1.20. The van der Waals surface area contributed by atoms with Gasteiger partial charge in [0.1, 0.15) is 0 Å². The van der Waals surface area contributed by atoms with E-state index in [2.05, 4.69) is 44.0 Å². The molecule has 0 aromatic heterocycles. The first-order chi connectivity index (χ1) is 7.74. The van der Waals surface area contributed by atoms with E-state index in [-0.39, 0.29) is 0 Å². The first-order valence-electron chi connectivity index (χ1n) is 5.28. The molecule has 2 aromatic carbocycles. The minimum atomic E-state index is 0.938. The third kappa shape index (κ3) is 4.02. The average molecular weight is 208 g/mol. The summed E-state index contributed by atoms with van der Waals surface area (Å²) in [7, 11) is 0. The number of hydrogen-bond acceptors (Lipinski definition) is 0. The van der Waals surface area contributed by atoms with Crippen molar-refractivity contribution in [2.45, 2.75) is 13.8 Å². The number of hydrogen-bond donors (Lipinski definition) is 0. The third-order valence-electron chi connectivity index (χ3n) is 2.37. The number of aryl methyl sites for hydroxylation is 2. The summed E-state index contributed by atoms with van der Waals surface area (Å²) in [5.41, 5.74) is 3.67. The fourth-order valence-electron chi connectivity index (χ4n) is 1.20. The molecule has 0 N–H and O–H groups in total. The summed E-state index contributed by atoms with van der Waals surface area (Å²) in [5, 5.41) is 0. The zero-order valence-electron chi connectivity index (χ0n) is 9.77. The molecule has 0 fully saturated rings. The first kappa shape index (κ1) is 12.1. The van der Waals surface area contributed by atoms with Crippen molar-refractivity contribution >= 4 is 0 Å². The molecule has 0 heterocycles. The van der Waals surface area contributed by atoms with Crippen molar-refractivity contribution in [3.8, 4) is 12.3 Å². The SMILES string of the molecule is C#Cc1ccccc1.Cc1ccccc1C. The van der Waals surface area contributed by atoms with Gasteiger partial charge in [-0.2, -0.15) is 0 Å². The van der Waals surface area contributed by atoms with Gasteiger partial charge in [0.15, 0.2) is 0 Å². The molecule has 0 aliphatic rings. The second-order valence-corrected chi connectivity index (χ2v) is 3.59. The van der Waals surface area contributed by atoms with Crippen LogP contribution in [0.25, 0.3) is 0 Å². The molecule has 0 amide bonds. The van der Waals surface area contributed by atoms with Crippen molar-refractivity contribution in [2.75, 3.05) is 0 Å². The molecule has 0 radical (unpaired) electrons. The lowest BCUT2D eigenvalue weighted by Gasteiger charge is -1.93. The lowest BCUT2D eigenvalue weighted by atomic mass is 10.1. The zero-order valence-corrected chi connectivity index (χ0v) is 9.77. The summed E-state index contributed by atoms with van der Waals surface area (Å²) >= 11 is 0. The molecule has 0 spiro atoms. The Morgan fingerprint density at radius 3 is 1.50 bits per heavy atom. The van der Waals surface area contributed by atoms with Gasteiger partial charge >= 0.3 is 0 Å². The molecule has 0 nitrogen and oxygen atoms in total. The third-order valence-corrected chi connectivity index (χ3v) is 2.37. The van der Waals surface area contributed by atoms with Gasteiger partial charge in [0, 0.05) is 5.56 Å². The maximum absolute atomic E-state index is 5.10. The normalized spacial score (nSPS) is 8.56. The van der Waals surface area contributed by atoms with Gasteiger partial charge in [0.2, 0.25) is 0 Å². The van der Waals surface area contributed by atoms with Crippen molar-refractivity contribution < 1.29 is 0 Å². The highest BCUT2D eigenvalue weighted by Crippen LogP contribution is 2.02. The molecule has 80 valence electrons. The second-order valence-electron chi connectivity index (χ2n) is 3.59. The molecular weight excluding hydrogens is 192 g/mol. The van der Waals surface area contributed by atoms with E-state index in [0.29, 0.717) is 0 Å². The van der Waals surface area contributed by atoms with Crippen LogP contribution in [0.5, 0.6) is 0 Å². The molecule has 0 saturated carbocycles. The minimum absolute atomic E-state index is 0.938. The fraction of sp³-hybridized carbons (Fsp3) is 0.125. The Kier molecular flexibility index (Phi) is 4.89. The standard InChI is InChI=1S/C8H10.C8H6/c1-7-5-3-4-6-8(7)2;1-2-8-6-4-3-5-7-8/h3-6H,1-2H3;1,3-7H. The highest BCUT2D eigenvalue weighted by atomic mass is 13.9. The number of terminal acetylenes is 1. The predicted octanol–water partition coefficient (Wildman–Crippen LogP) is 3.97. The molecule has 2 rings (SSSR count). The van der Waals surface area contributed by atoms with Gasteiger partial charge < -0.3 is 0 Å². The topological polar surface area (TPSA) is 0 Å². The minimum Gasteiger partial charge on any atom is -0.115 e. The Morgan fingerprint density at radius 1 is 0.750 bits per heavy atom. The van der Waals surface area contributed by atoms with Crippen LogP contribution in [0, 0.1) is 26.2 Å². The summed E-state index contributed by atoms with van der Waals surface area (Å²) in [6.45, 7) is 4.24. The summed E-state index contributed by atoms with van der Waals surface area (Å²) < 4.78 is 0. The zero-order chi connectivity index (χ0) is 11.8. The van der Waals surface area contributed by atoms with Crippen molar-refractivity contribution in [3.63, 3.8) is 0 Å². The maximum atomic E-state index is 5.10. The van der Waals surface area contributed by atoms with Crippen LogP contribution in [-0.4, -0.2) is 0 Å². The quantitative estimate of drug-likeness (QED) is 0.575. The Morgan fingerprint density at radius 2 is 1.19 bits per heavy atom. The highest BCUT2D eigenvalue weighted by Gasteiger charge is 1.83. The molecule has 0 aliphatic carbocycles. The van der Waals surface area contributed by atoms with Gasteiger partial charge in [-0.25, -0.2) is 0 Å². The molecule has 0 saturated heterocycles. The number of benzene rings is 2. The smallest absolute Gasteiger partial charge is 0.0242 e. The van der Waals surface area contributed by atoms with Crippen molar-refractivity contribution in [2.24, 2.45) is 0 Å². The van der Waals surface area contributed by atoms with Crippen LogP contribution in [0.3, 0.4) is 0 Å². The number of rotatable bonds is 0. The molecule has 2 aromatic rings. The lowest BCUT2D eigenvalue weighted by Crippen LogP contribution is -1.74. The molecule has 0 aliphatic heterocycles. The van der Waals surface area contributed by atoms with Gasteiger partial charge in [-0.05, 0) is 37.1 Å². The van der Waals surface area contributed by atoms with E-state index in [4.69, 9.17) is 6.42 Å². The Balaban J connectivity index is 0.000000160. The Bertz CT molecular complexity index is 440. The lowest BCUT2D eigenvalue weighted by molar-refractivity contribution is 1.34. The van der Waals surface area contributed by atoms with Crippen LogP contribution in [0.2, 0.25) is 0 Å². The molecular formula is C16H16. The van der Waals surface area contributed by atoms with Crippen LogP contribution < -0.4 is 0 Å². The van der Waals surface area contributed by atoms with Crippen molar-refractivity contribution in [3.05, 3.63) is 71.3 Å². The van der Waals surface area contributed by atoms with Crippen molar-refractivity contribution in [1.82, 2.24) is 0 Å². The Labute approximate surface area is 98.0 Å². The van der Waals surface area contributed by atoms with Crippen LogP contribution in [0.15, 0.2) is 54.6 Å². The molecule has 0 unspecified atom stereocenters. The van der Waals surface area contributed by atoms with Gasteiger partial charge in [-0.3, -0.25) is 0 Å². The van der Waals surface area contributed by atoms with Gasteiger partial charge in [-0.1, -0.05) is 48.4 Å². The van der Waals surface area contributed by atoms with Gasteiger partial charge in [0.25, 0.3) is 0 Å².